The maximum absolute atomic E-state index is 7.91. The second-order valence-electron chi connectivity index (χ2n) is 1.36. The van der Waals surface area contributed by atoms with Crippen molar-refractivity contribution < 1.29 is 0 Å². The molecule has 1 aromatic heterocycles. The van der Waals surface area contributed by atoms with Crippen molar-refractivity contribution in [1.82, 2.24) is 4.98 Å². The van der Waals surface area contributed by atoms with Crippen molar-refractivity contribution in [2.45, 2.75) is 6.54 Å². The maximum atomic E-state index is 7.91. The lowest BCUT2D eigenvalue weighted by atomic mass is 10.6. The quantitative estimate of drug-likeness (QED) is 0.352. The summed E-state index contributed by atoms with van der Waals surface area (Å²) in [5.41, 5.74) is 9.62. The highest BCUT2D eigenvalue weighted by atomic mass is 32.1. The fraction of sp³-hybridized carbons (Fsp3) is 0.250. The second kappa shape index (κ2) is 3.06. The molecule has 0 radical (unpaired) electrons. The lowest BCUT2D eigenvalue weighted by Crippen LogP contribution is -1.67. The van der Waals surface area contributed by atoms with Gasteiger partial charge in [0.1, 0.15) is 0 Å². The van der Waals surface area contributed by atoms with E-state index in [4.69, 9.17) is 5.53 Å². The summed E-state index contributed by atoms with van der Waals surface area (Å²) in [6, 6.07) is 0. The predicted octanol–water partition coefficient (Wildman–Crippen LogP) is 1.95. The normalized spacial score (nSPS) is 8.44. The molecule has 0 amide bonds. The van der Waals surface area contributed by atoms with Gasteiger partial charge in [-0.2, -0.15) is 0 Å². The van der Waals surface area contributed by atoms with E-state index in [1.165, 1.54) is 11.3 Å². The van der Waals surface area contributed by atoms with E-state index in [2.05, 4.69) is 15.0 Å². The summed E-state index contributed by atoms with van der Waals surface area (Å²) in [5, 5.41) is 3.37. The fourth-order valence-electron chi connectivity index (χ4n) is 0.422. The minimum absolute atomic E-state index is 0.418. The third kappa shape index (κ3) is 1.71. The molecule has 0 N–H and O–H groups in total. The summed E-state index contributed by atoms with van der Waals surface area (Å²) >= 11 is 1.49. The monoisotopic (exact) mass is 140 g/mol. The SMILES string of the molecule is [N-]=[N+]=NCc1cncs1. The highest BCUT2D eigenvalue weighted by Gasteiger charge is 1.87. The molecular weight excluding hydrogens is 136 g/mol. The van der Waals surface area contributed by atoms with E-state index in [-0.39, 0.29) is 0 Å². The third-order valence-corrected chi connectivity index (χ3v) is 1.54. The molecule has 0 atom stereocenters. The Labute approximate surface area is 55.8 Å². The summed E-state index contributed by atoms with van der Waals surface area (Å²) in [5.74, 6) is 0. The topological polar surface area (TPSA) is 61.7 Å². The highest BCUT2D eigenvalue weighted by molar-refractivity contribution is 7.09. The van der Waals surface area contributed by atoms with Crippen LogP contribution in [0.25, 0.3) is 10.4 Å². The maximum Gasteiger partial charge on any atom is 0.0794 e. The standard InChI is InChI=1S/C4H4N4S/c5-8-7-2-4-1-6-3-9-4/h1,3H,2H2. The number of thiazole rings is 1. The molecule has 0 saturated heterocycles. The molecule has 0 bridgehead atoms. The van der Waals surface area contributed by atoms with Crippen LogP contribution in [-0.4, -0.2) is 4.98 Å². The van der Waals surface area contributed by atoms with Gasteiger partial charge in [0.2, 0.25) is 0 Å². The van der Waals surface area contributed by atoms with Crippen LogP contribution in [0.2, 0.25) is 0 Å². The summed E-state index contributed by atoms with van der Waals surface area (Å²) in [7, 11) is 0. The van der Waals surface area contributed by atoms with Crippen LogP contribution in [-0.2, 0) is 6.54 Å². The molecule has 1 aromatic rings. The molecular formula is C4H4N4S. The molecule has 46 valence electrons. The molecule has 0 aliphatic carbocycles. The molecule has 0 aromatic carbocycles. The van der Waals surface area contributed by atoms with Crippen molar-refractivity contribution in [1.29, 1.82) is 0 Å². The van der Waals surface area contributed by atoms with Crippen molar-refractivity contribution in [3.63, 3.8) is 0 Å². The molecule has 0 spiro atoms. The summed E-state index contributed by atoms with van der Waals surface area (Å²) in [4.78, 5) is 7.42. The van der Waals surface area contributed by atoms with Crippen LogP contribution in [0.3, 0.4) is 0 Å². The van der Waals surface area contributed by atoms with Gasteiger partial charge >= 0.3 is 0 Å². The van der Waals surface area contributed by atoms with Crippen LogP contribution in [0.15, 0.2) is 16.8 Å². The van der Waals surface area contributed by atoms with Gasteiger partial charge in [-0.1, -0.05) is 5.11 Å². The zero-order chi connectivity index (χ0) is 6.53. The van der Waals surface area contributed by atoms with Crippen molar-refractivity contribution in [3.8, 4) is 0 Å². The van der Waals surface area contributed by atoms with E-state index in [1.54, 1.807) is 11.7 Å². The number of aromatic nitrogens is 1. The van der Waals surface area contributed by atoms with E-state index < -0.39 is 0 Å². The Hall–Kier alpha value is -1.06. The van der Waals surface area contributed by atoms with Crippen LogP contribution < -0.4 is 0 Å². The molecule has 5 heteroatoms. The Morgan fingerprint density at radius 3 is 3.33 bits per heavy atom. The fourth-order valence-corrected chi connectivity index (χ4v) is 0.933. The van der Waals surface area contributed by atoms with E-state index in [9.17, 15) is 0 Å². The summed E-state index contributed by atoms with van der Waals surface area (Å²) in [6.07, 6.45) is 1.69. The van der Waals surface area contributed by atoms with Gasteiger partial charge in [0, 0.05) is 16.0 Å². The number of rotatable bonds is 2. The van der Waals surface area contributed by atoms with Crippen LogP contribution in [0.1, 0.15) is 4.88 Å². The Bertz CT molecular complexity index is 210. The molecule has 1 rings (SSSR count). The first-order valence-electron chi connectivity index (χ1n) is 2.31. The van der Waals surface area contributed by atoms with E-state index in [0.29, 0.717) is 6.54 Å². The molecule has 0 aliphatic heterocycles. The largest absolute Gasteiger partial charge is 0.253 e. The lowest BCUT2D eigenvalue weighted by Gasteiger charge is -1.78. The second-order valence-corrected chi connectivity index (χ2v) is 2.33. The Morgan fingerprint density at radius 2 is 2.78 bits per heavy atom. The minimum Gasteiger partial charge on any atom is -0.253 e. The molecule has 0 saturated carbocycles. The van der Waals surface area contributed by atoms with Gasteiger partial charge in [0.05, 0.1) is 12.1 Å². The zero-order valence-electron chi connectivity index (χ0n) is 4.56. The molecule has 9 heavy (non-hydrogen) atoms. The van der Waals surface area contributed by atoms with Crippen molar-refractivity contribution in [2.75, 3.05) is 0 Å². The van der Waals surface area contributed by atoms with Gasteiger partial charge in [-0.15, -0.1) is 11.3 Å². The average molecular weight is 140 g/mol. The first kappa shape index (κ1) is 6.07. The molecule has 0 aliphatic rings. The van der Waals surface area contributed by atoms with Crippen LogP contribution in [0, 0.1) is 0 Å². The van der Waals surface area contributed by atoms with Gasteiger partial charge in [-0.25, -0.2) is 0 Å². The summed E-state index contributed by atoms with van der Waals surface area (Å²) < 4.78 is 0. The van der Waals surface area contributed by atoms with Gasteiger partial charge < -0.3 is 0 Å². The predicted molar refractivity (Wildman–Crippen MR) is 35.0 cm³/mol. The number of azide groups is 1. The lowest BCUT2D eigenvalue weighted by molar-refractivity contribution is 1.07. The Kier molecular flexibility index (Phi) is 2.06. The van der Waals surface area contributed by atoms with Gasteiger partial charge in [0.25, 0.3) is 0 Å². The highest BCUT2D eigenvalue weighted by Crippen LogP contribution is 2.05. The molecule has 0 unspecified atom stereocenters. The Morgan fingerprint density at radius 1 is 1.89 bits per heavy atom. The minimum atomic E-state index is 0.418. The smallest absolute Gasteiger partial charge is 0.0794 e. The van der Waals surface area contributed by atoms with Gasteiger partial charge in [-0.05, 0) is 5.53 Å². The van der Waals surface area contributed by atoms with Crippen molar-refractivity contribution in [2.24, 2.45) is 5.11 Å². The van der Waals surface area contributed by atoms with E-state index in [0.717, 1.165) is 4.88 Å². The van der Waals surface area contributed by atoms with Crippen LogP contribution in [0.4, 0.5) is 0 Å². The molecule has 4 nitrogen and oxygen atoms in total. The number of hydrogen-bond donors (Lipinski definition) is 0. The third-order valence-electron chi connectivity index (χ3n) is 0.773. The van der Waals surface area contributed by atoms with Crippen LogP contribution in [0.5, 0.6) is 0 Å². The first-order valence-corrected chi connectivity index (χ1v) is 3.19. The Balaban J connectivity index is 2.57. The van der Waals surface area contributed by atoms with Crippen molar-refractivity contribution >= 4 is 11.3 Å². The first-order chi connectivity index (χ1) is 4.43. The molecule has 1 heterocycles. The average Bonchev–Trinajstić information content (AvgIpc) is 2.34. The van der Waals surface area contributed by atoms with Gasteiger partial charge in [0.15, 0.2) is 0 Å². The van der Waals surface area contributed by atoms with E-state index >= 15 is 0 Å². The zero-order valence-corrected chi connectivity index (χ0v) is 5.38. The van der Waals surface area contributed by atoms with Crippen molar-refractivity contribution in [3.05, 3.63) is 27.0 Å². The van der Waals surface area contributed by atoms with Gasteiger partial charge in [-0.3, -0.25) is 4.98 Å². The van der Waals surface area contributed by atoms with E-state index in [1.807, 2.05) is 0 Å². The summed E-state index contributed by atoms with van der Waals surface area (Å²) in [6.45, 7) is 0.418. The van der Waals surface area contributed by atoms with Crippen LogP contribution >= 0.6 is 11.3 Å². The number of hydrogen-bond acceptors (Lipinski definition) is 3. The number of nitrogens with zero attached hydrogens (tertiary/aromatic N) is 4. The molecule has 0 fully saturated rings.